The minimum atomic E-state index is -0.540. The Hall–Kier alpha value is 0.0600. The molecular formula is C8H10Cl2. The highest BCUT2D eigenvalue weighted by Crippen LogP contribution is 2.31. The maximum absolute atomic E-state index is 5.93. The van der Waals surface area contributed by atoms with Crippen molar-refractivity contribution in [3.05, 3.63) is 24.3 Å². The molecule has 10 heavy (non-hydrogen) atoms. The molecule has 0 saturated carbocycles. The van der Waals surface area contributed by atoms with Crippen LogP contribution in [0.1, 0.15) is 19.3 Å². The lowest BCUT2D eigenvalue weighted by Crippen LogP contribution is -2.10. The molecule has 0 unspecified atom stereocenters. The molecule has 0 aromatic rings. The number of hydrogen-bond acceptors (Lipinski definition) is 0. The first-order valence-corrected chi connectivity index (χ1v) is 4.16. The van der Waals surface area contributed by atoms with Crippen LogP contribution in [0.3, 0.4) is 0 Å². The lowest BCUT2D eigenvalue weighted by atomic mass is 10.1. The standard InChI is InChI=1S/C8H10Cl2/c9-8(10)6-4-2-1-3-5-7-8/h1-4H,5-7H2/b3-1-,4-2-. The Morgan fingerprint density at radius 2 is 1.80 bits per heavy atom. The molecule has 0 aromatic carbocycles. The summed E-state index contributed by atoms with van der Waals surface area (Å²) in [6.45, 7) is 0. The summed E-state index contributed by atoms with van der Waals surface area (Å²) in [6.07, 6.45) is 10.7. The van der Waals surface area contributed by atoms with Gasteiger partial charge < -0.3 is 0 Å². The van der Waals surface area contributed by atoms with Gasteiger partial charge in [0.2, 0.25) is 0 Å². The first-order valence-electron chi connectivity index (χ1n) is 3.40. The quantitative estimate of drug-likeness (QED) is 0.497. The van der Waals surface area contributed by atoms with Gasteiger partial charge in [0, 0.05) is 0 Å². The van der Waals surface area contributed by atoms with Gasteiger partial charge in [-0.25, -0.2) is 0 Å². The average Bonchev–Trinajstić information content (AvgIpc) is 1.81. The summed E-state index contributed by atoms with van der Waals surface area (Å²) in [7, 11) is 0. The fraction of sp³-hybridized carbons (Fsp3) is 0.500. The Balaban J connectivity index is 2.55. The second-order valence-corrected chi connectivity index (χ2v) is 4.10. The van der Waals surface area contributed by atoms with Crippen LogP contribution in [0.2, 0.25) is 0 Å². The van der Waals surface area contributed by atoms with Crippen LogP contribution < -0.4 is 0 Å². The molecule has 0 spiro atoms. The monoisotopic (exact) mass is 176 g/mol. The number of alkyl halides is 2. The van der Waals surface area contributed by atoms with Crippen LogP contribution in [0.15, 0.2) is 24.3 Å². The number of hydrogen-bond donors (Lipinski definition) is 0. The molecular weight excluding hydrogens is 167 g/mol. The van der Waals surface area contributed by atoms with Crippen LogP contribution in [0, 0.1) is 0 Å². The molecule has 0 amide bonds. The molecule has 0 N–H and O–H groups in total. The highest BCUT2D eigenvalue weighted by Gasteiger charge is 2.20. The Labute approximate surface area is 71.5 Å². The molecule has 0 radical (unpaired) electrons. The zero-order chi connectivity index (χ0) is 7.45. The Morgan fingerprint density at radius 1 is 1.10 bits per heavy atom. The van der Waals surface area contributed by atoms with Crippen molar-refractivity contribution in [2.24, 2.45) is 0 Å². The number of rotatable bonds is 0. The summed E-state index contributed by atoms with van der Waals surface area (Å²) in [5.74, 6) is 0. The molecule has 1 rings (SSSR count). The van der Waals surface area contributed by atoms with Gasteiger partial charge in [-0.05, 0) is 19.3 Å². The fourth-order valence-corrected chi connectivity index (χ4v) is 1.29. The summed E-state index contributed by atoms with van der Waals surface area (Å²) < 4.78 is -0.540. The molecule has 1 aliphatic rings. The lowest BCUT2D eigenvalue weighted by molar-refractivity contribution is 0.707. The summed E-state index contributed by atoms with van der Waals surface area (Å²) in [4.78, 5) is 0. The molecule has 0 atom stereocenters. The van der Waals surface area contributed by atoms with Crippen LogP contribution >= 0.6 is 23.2 Å². The van der Waals surface area contributed by atoms with Crippen molar-refractivity contribution in [1.82, 2.24) is 0 Å². The molecule has 0 aliphatic heterocycles. The lowest BCUT2D eigenvalue weighted by Gasteiger charge is -2.16. The molecule has 1 aliphatic carbocycles. The van der Waals surface area contributed by atoms with Gasteiger partial charge in [0.15, 0.2) is 0 Å². The van der Waals surface area contributed by atoms with Crippen molar-refractivity contribution >= 4 is 23.2 Å². The van der Waals surface area contributed by atoms with E-state index < -0.39 is 4.33 Å². The maximum atomic E-state index is 5.93. The Bertz CT molecular complexity index is 157. The summed E-state index contributed by atoms with van der Waals surface area (Å²) >= 11 is 11.9. The van der Waals surface area contributed by atoms with E-state index in [0.717, 1.165) is 19.3 Å². The van der Waals surface area contributed by atoms with Gasteiger partial charge >= 0.3 is 0 Å². The SMILES string of the molecule is ClC1(Cl)C/C=C\C=C/CC1. The maximum Gasteiger partial charge on any atom is 0.122 e. The summed E-state index contributed by atoms with van der Waals surface area (Å²) in [6, 6.07) is 0. The van der Waals surface area contributed by atoms with Gasteiger partial charge in [0.25, 0.3) is 0 Å². The molecule has 56 valence electrons. The van der Waals surface area contributed by atoms with Crippen molar-refractivity contribution < 1.29 is 0 Å². The van der Waals surface area contributed by atoms with E-state index in [4.69, 9.17) is 23.2 Å². The molecule has 0 aromatic heterocycles. The van der Waals surface area contributed by atoms with Crippen LogP contribution in [0.5, 0.6) is 0 Å². The highest BCUT2D eigenvalue weighted by molar-refractivity contribution is 6.48. The zero-order valence-corrected chi connectivity index (χ0v) is 7.20. The van der Waals surface area contributed by atoms with Gasteiger partial charge in [-0.3, -0.25) is 0 Å². The van der Waals surface area contributed by atoms with E-state index in [1.54, 1.807) is 0 Å². The van der Waals surface area contributed by atoms with E-state index in [0.29, 0.717) is 0 Å². The highest BCUT2D eigenvalue weighted by atomic mass is 35.5. The van der Waals surface area contributed by atoms with Gasteiger partial charge in [-0.1, -0.05) is 24.3 Å². The van der Waals surface area contributed by atoms with E-state index >= 15 is 0 Å². The molecule has 0 nitrogen and oxygen atoms in total. The Kier molecular flexibility index (Phi) is 2.82. The Morgan fingerprint density at radius 3 is 2.60 bits per heavy atom. The van der Waals surface area contributed by atoms with E-state index in [1.165, 1.54) is 0 Å². The van der Waals surface area contributed by atoms with E-state index in [1.807, 2.05) is 18.2 Å². The van der Waals surface area contributed by atoms with Crippen molar-refractivity contribution in [1.29, 1.82) is 0 Å². The first-order chi connectivity index (χ1) is 4.71. The smallest absolute Gasteiger partial charge is 0.101 e. The van der Waals surface area contributed by atoms with Crippen molar-refractivity contribution in [2.45, 2.75) is 23.6 Å². The van der Waals surface area contributed by atoms with Crippen molar-refractivity contribution in [2.75, 3.05) is 0 Å². The summed E-state index contributed by atoms with van der Waals surface area (Å²) in [5, 5.41) is 0. The normalized spacial score (nSPS) is 30.2. The van der Waals surface area contributed by atoms with E-state index in [-0.39, 0.29) is 0 Å². The first kappa shape index (κ1) is 8.16. The summed E-state index contributed by atoms with van der Waals surface area (Å²) in [5.41, 5.74) is 0. The zero-order valence-electron chi connectivity index (χ0n) is 5.69. The van der Waals surface area contributed by atoms with Gasteiger partial charge in [0.05, 0.1) is 0 Å². The third kappa shape index (κ3) is 2.76. The predicted octanol–water partition coefficient (Wildman–Crippen LogP) is 3.46. The van der Waals surface area contributed by atoms with Crippen molar-refractivity contribution in [3.8, 4) is 0 Å². The van der Waals surface area contributed by atoms with Gasteiger partial charge in [0.1, 0.15) is 4.33 Å². The third-order valence-corrected chi connectivity index (χ3v) is 2.16. The minimum absolute atomic E-state index is 0.540. The van der Waals surface area contributed by atoms with Crippen LogP contribution in [0.25, 0.3) is 0 Å². The van der Waals surface area contributed by atoms with Crippen LogP contribution in [-0.2, 0) is 0 Å². The topological polar surface area (TPSA) is 0 Å². The molecule has 0 saturated heterocycles. The minimum Gasteiger partial charge on any atom is -0.101 e. The predicted molar refractivity (Wildman–Crippen MR) is 46.6 cm³/mol. The number of allylic oxidation sites excluding steroid dienone is 4. The van der Waals surface area contributed by atoms with E-state index in [2.05, 4.69) is 6.08 Å². The third-order valence-electron chi connectivity index (χ3n) is 1.48. The largest absolute Gasteiger partial charge is 0.122 e. The fourth-order valence-electron chi connectivity index (χ4n) is 0.890. The molecule has 0 fully saturated rings. The number of halogens is 2. The average molecular weight is 177 g/mol. The molecule has 0 heterocycles. The van der Waals surface area contributed by atoms with Crippen molar-refractivity contribution in [3.63, 3.8) is 0 Å². The van der Waals surface area contributed by atoms with Crippen LogP contribution in [-0.4, -0.2) is 4.33 Å². The second-order valence-electron chi connectivity index (χ2n) is 2.46. The molecule has 2 heteroatoms. The van der Waals surface area contributed by atoms with Gasteiger partial charge in [-0.2, -0.15) is 0 Å². The second kappa shape index (κ2) is 3.45. The van der Waals surface area contributed by atoms with Gasteiger partial charge in [-0.15, -0.1) is 23.2 Å². The van der Waals surface area contributed by atoms with E-state index in [9.17, 15) is 0 Å². The molecule has 0 bridgehead atoms. The van der Waals surface area contributed by atoms with Crippen LogP contribution in [0.4, 0.5) is 0 Å².